The number of nitrogens with zero attached hydrogens (tertiary/aromatic N) is 2. The molecule has 0 fully saturated rings. The van der Waals surface area contributed by atoms with E-state index in [0.717, 1.165) is 28.1 Å². The Labute approximate surface area is 199 Å². The van der Waals surface area contributed by atoms with Gasteiger partial charge in [0.25, 0.3) is 0 Å². The van der Waals surface area contributed by atoms with Gasteiger partial charge in [-0.25, -0.2) is 4.68 Å². The summed E-state index contributed by atoms with van der Waals surface area (Å²) in [6.07, 6.45) is 1.02. The van der Waals surface area contributed by atoms with Gasteiger partial charge in [-0.05, 0) is 36.6 Å². The van der Waals surface area contributed by atoms with Gasteiger partial charge in [-0.2, -0.15) is 5.10 Å². The lowest BCUT2D eigenvalue weighted by molar-refractivity contribution is -0.121. The maximum absolute atomic E-state index is 12.7. The second-order valence-electron chi connectivity index (χ2n) is 8.20. The minimum absolute atomic E-state index is 0.0622. The Kier molecular flexibility index (Phi) is 7.50. The quantitative estimate of drug-likeness (QED) is 0.363. The smallest absolute Gasteiger partial charge is 0.225 e. The van der Waals surface area contributed by atoms with Crippen molar-refractivity contribution in [1.29, 1.82) is 0 Å². The van der Waals surface area contributed by atoms with Gasteiger partial charge in [0.15, 0.2) is 0 Å². The Hall–Kier alpha value is -4.19. The van der Waals surface area contributed by atoms with Crippen LogP contribution in [0.25, 0.3) is 16.9 Å². The van der Waals surface area contributed by atoms with Crippen molar-refractivity contribution in [3.05, 3.63) is 102 Å². The molecule has 0 radical (unpaired) electrons. The van der Waals surface area contributed by atoms with Crippen molar-refractivity contribution in [3.8, 4) is 16.9 Å². The monoisotopic (exact) mass is 452 g/mol. The number of benzene rings is 3. The molecule has 0 aliphatic carbocycles. The molecule has 0 atom stereocenters. The zero-order valence-electron chi connectivity index (χ0n) is 19.2. The molecule has 0 spiro atoms. The number of rotatable bonds is 9. The van der Waals surface area contributed by atoms with Gasteiger partial charge in [0.2, 0.25) is 11.8 Å². The fourth-order valence-electron chi connectivity index (χ4n) is 3.68. The first kappa shape index (κ1) is 23.0. The molecule has 1 heterocycles. The molecular weight excluding hydrogens is 424 g/mol. The van der Waals surface area contributed by atoms with Crippen LogP contribution in [0, 0.1) is 6.92 Å². The van der Waals surface area contributed by atoms with Crippen LogP contribution in [0.15, 0.2) is 91.0 Å². The molecule has 0 aliphatic rings. The van der Waals surface area contributed by atoms with Gasteiger partial charge in [-0.3, -0.25) is 9.59 Å². The van der Waals surface area contributed by atoms with E-state index in [4.69, 9.17) is 5.10 Å². The molecule has 0 unspecified atom stereocenters. The number of amides is 2. The average Bonchev–Trinajstić information content (AvgIpc) is 3.27. The van der Waals surface area contributed by atoms with Gasteiger partial charge in [0, 0.05) is 31.0 Å². The molecule has 0 saturated heterocycles. The highest BCUT2D eigenvalue weighted by Crippen LogP contribution is 2.25. The standard InChI is InChI=1S/C28H28N4O2/c1-21-10-8-15-24(18-21)32-26(19-25(31-32)23-13-6-3-7-14-23)30-28(34)17-9-16-27(33)29-20-22-11-4-2-5-12-22/h2-8,10-15,18-19H,9,16-17,20H2,1H3,(H,29,33)(H,30,34). The molecule has 4 aromatic rings. The third-order valence-corrected chi connectivity index (χ3v) is 5.43. The van der Waals surface area contributed by atoms with Crippen LogP contribution in [-0.2, 0) is 16.1 Å². The van der Waals surface area contributed by atoms with Gasteiger partial charge in [0.1, 0.15) is 5.82 Å². The lowest BCUT2D eigenvalue weighted by Crippen LogP contribution is -2.23. The third kappa shape index (κ3) is 6.19. The van der Waals surface area contributed by atoms with Crippen molar-refractivity contribution in [3.63, 3.8) is 0 Å². The molecule has 6 heteroatoms. The number of aryl methyl sites for hydroxylation is 1. The molecule has 4 rings (SSSR count). The Balaban J connectivity index is 1.38. The Morgan fingerprint density at radius 2 is 1.53 bits per heavy atom. The Morgan fingerprint density at radius 3 is 2.26 bits per heavy atom. The molecule has 2 N–H and O–H groups in total. The highest BCUT2D eigenvalue weighted by molar-refractivity contribution is 5.91. The molecule has 6 nitrogen and oxygen atoms in total. The molecule has 0 bridgehead atoms. The van der Waals surface area contributed by atoms with Gasteiger partial charge in [-0.15, -0.1) is 0 Å². The van der Waals surface area contributed by atoms with E-state index >= 15 is 0 Å². The maximum atomic E-state index is 12.7. The van der Waals surface area contributed by atoms with Crippen LogP contribution in [-0.4, -0.2) is 21.6 Å². The molecule has 172 valence electrons. The van der Waals surface area contributed by atoms with Crippen molar-refractivity contribution in [2.45, 2.75) is 32.7 Å². The highest BCUT2D eigenvalue weighted by Gasteiger charge is 2.14. The van der Waals surface area contributed by atoms with Crippen LogP contribution < -0.4 is 10.6 Å². The Morgan fingerprint density at radius 1 is 0.824 bits per heavy atom. The molecule has 0 aliphatic heterocycles. The minimum atomic E-state index is -0.149. The first-order valence-corrected chi connectivity index (χ1v) is 11.4. The summed E-state index contributed by atoms with van der Waals surface area (Å²) in [5.74, 6) is 0.389. The summed E-state index contributed by atoms with van der Waals surface area (Å²) in [5, 5.41) is 10.6. The molecule has 1 aromatic heterocycles. The number of hydrogen-bond donors (Lipinski definition) is 2. The van der Waals surface area contributed by atoms with E-state index in [0.29, 0.717) is 25.2 Å². The second-order valence-corrected chi connectivity index (χ2v) is 8.20. The van der Waals surface area contributed by atoms with E-state index in [1.165, 1.54) is 0 Å². The van der Waals surface area contributed by atoms with Gasteiger partial charge in [0.05, 0.1) is 11.4 Å². The summed E-state index contributed by atoms with van der Waals surface area (Å²) in [6.45, 7) is 2.51. The number of hydrogen-bond acceptors (Lipinski definition) is 3. The predicted molar refractivity (Wildman–Crippen MR) is 135 cm³/mol. The minimum Gasteiger partial charge on any atom is -0.352 e. The van der Waals surface area contributed by atoms with Crippen LogP contribution >= 0.6 is 0 Å². The van der Waals surface area contributed by atoms with Crippen molar-refractivity contribution in [1.82, 2.24) is 15.1 Å². The average molecular weight is 453 g/mol. The lowest BCUT2D eigenvalue weighted by Gasteiger charge is -2.10. The summed E-state index contributed by atoms with van der Waals surface area (Å²) in [4.78, 5) is 24.8. The lowest BCUT2D eigenvalue weighted by atomic mass is 10.1. The topological polar surface area (TPSA) is 76.0 Å². The first-order chi connectivity index (χ1) is 16.6. The van der Waals surface area contributed by atoms with E-state index in [2.05, 4.69) is 10.6 Å². The number of nitrogens with one attached hydrogen (secondary N) is 2. The SMILES string of the molecule is Cc1cccc(-n2nc(-c3ccccc3)cc2NC(=O)CCCC(=O)NCc2ccccc2)c1. The van der Waals surface area contributed by atoms with Crippen LogP contribution in [0.4, 0.5) is 5.82 Å². The summed E-state index contributed by atoms with van der Waals surface area (Å²) in [7, 11) is 0. The van der Waals surface area contributed by atoms with Crippen molar-refractivity contribution in [2.24, 2.45) is 0 Å². The van der Waals surface area contributed by atoms with Gasteiger partial charge in [-0.1, -0.05) is 72.8 Å². The molecule has 2 amide bonds. The van der Waals surface area contributed by atoms with Gasteiger partial charge < -0.3 is 10.6 Å². The van der Waals surface area contributed by atoms with E-state index in [-0.39, 0.29) is 18.2 Å². The molecule has 3 aromatic carbocycles. The number of anilines is 1. The highest BCUT2D eigenvalue weighted by atomic mass is 16.2. The zero-order valence-corrected chi connectivity index (χ0v) is 19.2. The van der Waals surface area contributed by atoms with E-state index in [1.54, 1.807) is 4.68 Å². The maximum Gasteiger partial charge on any atom is 0.225 e. The van der Waals surface area contributed by atoms with Crippen LogP contribution in [0.2, 0.25) is 0 Å². The summed E-state index contributed by atoms with van der Waals surface area (Å²) in [6, 6.07) is 29.5. The number of carbonyl (C=O) groups is 2. The van der Waals surface area contributed by atoms with E-state index < -0.39 is 0 Å². The fraction of sp³-hybridized carbons (Fsp3) is 0.179. The van der Waals surface area contributed by atoms with Crippen LogP contribution in [0.1, 0.15) is 30.4 Å². The van der Waals surface area contributed by atoms with E-state index in [1.807, 2.05) is 97.9 Å². The van der Waals surface area contributed by atoms with Crippen LogP contribution in [0.3, 0.4) is 0 Å². The molecule has 34 heavy (non-hydrogen) atoms. The Bertz CT molecular complexity index is 1250. The third-order valence-electron chi connectivity index (χ3n) is 5.43. The summed E-state index contributed by atoms with van der Waals surface area (Å²) >= 11 is 0. The summed E-state index contributed by atoms with van der Waals surface area (Å²) in [5.41, 5.74) is 4.77. The zero-order chi connectivity index (χ0) is 23.8. The van der Waals surface area contributed by atoms with Crippen molar-refractivity contribution >= 4 is 17.6 Å². The van der Waals surface area contributed by atoms with E-state index in [9.17, 15) is 9.59 Å². The fourth-order valence-corrected chi connectivity index (χ4v) is 3.68. The number of aromatic nitrogens is 2. The summed E-state index contributed by atoms with van der Waals surface area (Å²) < 4.78 is 1.75. The number of carbonyl (C=O) groups excluding carboxylic acids is 2. The second kappa shape index (κ2) is 11.1. The first-order valence-electron chi connectivity index (χ1n) is 11.4. The van der Waals surface area contributed by atoms with Crippen molar-refractivity contribution in [2.75, 3.05) is 5.32 Å². The molecule has 0 saturated carbocycles. The van der Waals surface area contributed by atoms with Gasteiger partial charge >= 0.3 is 0 Å². The largest absolute Gasteiger partial charge is 0.352 e. The molecular formula is C28H28N4O2. The predicted octanol–water partition coefficient (Wildman–Crippen LogP) is 5.27. The van der Waals surface area contributed by atoms with Crippen LogP contribution in [0.5, 0.6) is 0 Å². The van der Waals surface area contributed by atoms with Crippen molar-refractivity contribution < 1.29 is 9.59 Å². The normalized spacial score (nSPS) is 10.6.